The third-order valence-electron chi connectivity index (χ3n) is 3.23. The maximum Gasteiger partial charge on any atom is 0.138 e. The molecule has 1 aromatic carbocycles. The van der Waals surface area contributed by atoms with Crippen LogP contribution in [0.1, 0.15) is 25.3 Å². The van der Waals surface area contributed by atoms with Crippen LogP contribution in [0.4, 0.5) is 4.39 Å². The largest absolute Gasteiger partial charge is 0.344 e. The van der Waals surface area contributed by atoms with E-state index in [1.54, 1.807) is 6.07 Å². The minimum atomic E-state index is -0.186. The van der Waals surface area contributed by atoms with Crippen LogP contribution in [0.2, 0.25) is 0 Å². The van der Waals surface area contributed by atoms with Gasteiger partial charge in [-0.3, -0.25) is 0 Å². The van der Waals surface area contributed by atoms with Crippen LogP contribution in [0.3, 0.4) is 0 Å². The van der Waals surface area contributed by atoms with Gasteiger partial charge >= 0.3 is 0 Å². The molecule has 0 unspecified atom stereocenters. The van der Waals surface area contributed by atoms with Crippen molar-refractivity contribution in [1.29, 1.82) is 0 Å². The number of nitrogens with zero attached hydrogens (tertiary/aromatic N) is 1. The molecule has 3 heteroatoms. The molecule has 0 atom stereocenters. The lowest BCUT2D eigenvalue weighted by molar-refractivity contribution is 0.321. The molecule has 1 aromatic heterocycles. The van der Waals surface area contributed by atoms with Gasteiger partial charge in [-0.2, -0.15) is 0 Å². The summed E-state index contributed by atoms with van der Waals surface area (Å²) in [5.74, 6) is -0.186. The Kier molecular flexibility index (Phi) is 2.09. The van der Waals surface area contributed by atoms with Crippen LogP contribution < -0.4 is 0 Å². The smallest absolute Gasteiger partial charge is 0.138 e. The second-order valence-electron chi connectivity index (χ2n) is 4.13. The highest BCUT2D eigenvalue weighted by molar-refractivity contribution is 9.10. The third-order valence-corrected chi connectivity index (χ3v) is 3.84. The topological polar surface area (TPSA) is 4.93 Å². The molecular weight excluding hydrogens is 257 g/mol. The van der Waals surface area contributed by atoms with Crippen LogP contribution >= 0.6 is 15.9 Å². The number of benzene rings is 1. The summed E-state index contributed by atoms with van der Waals surface area (Å²) in [6.07, 6.45) is 5.88. The van der Waals surface area contributed by atoms with E-state index in [1.165, 1.54) is 19.3 Å². The van der Waals surface area contributed by atoms with E-state index in [4.69, 9.17) is 0 Å². The van der Waals surface area contributed by atoms with E-state index in [0.717, 1.165) is 10.9 Å². The average Bonchev–Trinajstić information content (AvgIpc) is 2.48. The van der Waals surface area contributed by atoms with Crippen molar-refractivity contribution in [3.05, 3.63) is 34.7 Å². The molecule has 15 heavy (non-hydrogen) atoms. The van der Waals surface area contributed by atoms with Gasteiger partial charge in [-0.25, -0.2) is 4.39 Å². The molecule has 0 N–H and O–H groups in total. The first-order valence-corrected chi connectivity index (χ1v) is 6.00. The van der Waals surface area contributed by atoms with E-state index >= 15 is 0 Å². The molecule has 0 spiro atoms. The van der Waals surface area contributed by atoms with Crippen molar-refractivity contribution < 1.29 is 4.39 Å². The zero-order valence-corrected chi connectivity index (χ0v) is 9.80. The van der Waals surface area contributed by atoms with Gasteiger partial charge in [-0.1, -0.05) is 0 Å². The summed E-state index contributed by atoms with van der Waals surface area (Å²) in [6, 6.07) is 6.08. The van der Waals surface area contributed by atoms with Gasteiger partial charge in [0.05, 0.1) is 4.47 Å². The summed E-state index contributed by atoms with van der Waals surface area (Å²) in [5.41, 5.74) is 1.13. The van der Waals surface area contributed by atoms with Gasteiger partial charge in [0, 0.05) is 23.1 Å². The number of halogens is 2. The van der Waals surface area contributed by atoms with Gasteiger partial charge in [0.1, 0.15) is 5.82 Å². The van der Waals surface area contributed by atoms with E-state index in [2.05, 4.69) is 26.7 Å². The third kappa shape index (κ3) is 1.41. The Morgan fingerprint density at radius 2 is 2.13 bits per heavy atom. The number of rotatable bonds is 1. The van der Waals surface area contributed by atoms with Crippen molar-refractivity contribution in [3.63, 3.8) is 0 Å². The van der Waals surface area contributed by atoms with Crippen LogP contribution in [0.15, 0.2) is 28.9 Å². The minimum absolute atomic E-state index is 0.186. The van der Waals surface area contributed by atoms with Gasteiger partial charge in [0.2, 0.25) is 0 Å². The lowest BCUT2D eigenvalue weighted by atomic mass is 9.93. The molecule has 78 valence electrons. The molecular formula is C12H11BrFN. The molecule has 0 aliphatic heterocycles. The summed E-state index contributed by atoms with van der Waals surface area (Å²) in [7, 11) is 0. The summed E-state index contributed by atoms with van der Waals surface area (Å²) < 4.78 is 16.1. The van der Waals surface area contributed by atoms with E-state index in [-0.39, 0.29) is 5.82 Å². The second-order valence-corrected chi connectivity index (χ2v) is 4.99. The van der Waals surface area contributed by atoms with Gasteiger partial charge in [0.15, 0.2) is 0 Å². The normalized spacial score (nSPS) is 16.9. The van der Waals surface area contributed by atoms with Crippen LogP contribution in [-0.4, -0.2) is 4.57 Å². The Labute approximate surface area is 96.0 Å². The zero-order valence-electron chi connectivity index (χ0n) is 8.21. The Hall–Kier alpha value is -0.830. The van der Waals surface area contributed by atoms with Crippen LogP contribution in [-0.2, 0) is 0 Å². The van der Waals surface area contributed by atoms with Crippen LogP contribution in [0.5, 0.6) is 0 Å². The molecule has 1 heterocycles. The quantitative estimate of drug-likeness (QED) is 0.728. The van der Waals surface area contributed by atoms with E-state index in [0.29, 0.717) is 10.5 Å². The van der Waals surface area contributed by atoms with Crippen LogP contribution in [0, 0.1) is 5.82 Å². The first-order chi connectivity index (χ1) is 7.25. The summed E-state index contributed by atoms with van der Waals surface area (Å²) >= 11 is 3.24. The highest BCUT2D eigenvalue weighted by Gasteiger charge is 2.20. The van der Waals surface area contributed by atoms with Crippen molar-refractivity contribution in [2.45, 2.75) is 25.3 Å². The second kappa shape index (κ2) is 3.34. The van der Waals surface area contributed by atoms with Gasteiger partial charge in [0.25, 0.3) is 0 Å². The zero-order chi connectivity index (χ0) is 10.4. The van der Waals surface area contributed by atoms with E-state index < -0.39 is 0 Å². The van der Waals surface area contributed by atoms with E-state index in [9.17, 15) is 4.39 Å². The highest BCUT2D eigenvalue weighted by Crippen LogP contribution is 2.35. The molecule has 1 aliphatic rings. The predicted molar refractivity (Wildman–Crippen MR) is 62.5 cm³/mol. The SMILES string of the molecule is Fc1cc2ccn(C3CCC3)c2cc1Br. The number of aromatic nitrogens is 1. The standard InChI is InChI=1S/C12H11BrFN/c13-10-7-12-8(6-11(10)14)4-5-15(12)9-2-1-3-9/h4-7,9H,1-3H2. The molecule has 0 saturated heterocycles. The Bertz CT molecular complexity index is 514. The van der Waals surface area contributed by atoms with Crippen molar-refractivity contribution in [2.24, 2.45) is 0 Å². The van der Waals surface area contributed by atoms with Crippen molar-refractivity contribution in [1.82, 2.24) is 4.57 Å². The molecule has 1 nitrogen and oxygen atoms in total. The summed E-state index contributed by atoms with van der Waals surface area (Å²) in [6.45, 7) is 0. The Morgan fingerprint density at radius 1 is 1.33 bits per heavy atom. The first kappa shape index (κ1) is 9.40. The fourth-order valence-corrected chi connectivity index (χ4v) is 2.46. The minimum Gasteiger partial charge on any atom is -0.344 e. The van der Waals surface area contributed by atoms with Gasteiger partial charge in [-0.15, -0.1) is 0 Å². The van der Waals surface area contributed by atoms with Crippen molar-refractivity contribution >= 4 is 26.8 Å². The van der Waals surface area contributed by atoms with Gasteiger partial charge in [-0.05, 0) is 53.4 Å². The summed E-state index contributed by atoms with van der Waals surface area (Å²) in [4.78, 5) is 0. The van der Waals surface area contributed by atoms with Gasteiger partial charge < -0.3 is 4.57 Å². The van der Waals surface area contributed by atoms with Crippen LogP contribution in [0.25, 0.3) is 10.9 Å². The molecule has 1 saturated carbocycles. The Balaban J connectivity index is 2.19. The average molecular weight is 268 g/mol. The predicted octanol–water partition coefficient (Wildman–Crippen LogP) is 4.27. The monoisotopic (exact) mass is 267 g/mol. The number of fused-ring (bicyclic) bond motifs is 1. The molecule has 0 amide bonds. The first-order valence-electron chi connectivity index (χ1n) is 5.21. The maximum absolute atomic E-state index is 13.3. The molecule has 2 aromatic rings. The number of hydrogen-bond acceptors (Lipinski definition) is 0. The lowest BCUT2D eigenvalue weighted by Crippen LogP contribution is -2.15. The fourth-order valence-electron chi connectivity index (χ4n) is 2.13. The fraction of sp³-hybridized carbons (Fsp3) is 0.333. The molecule has 3 rings (SSSR count). The van der Waals surface area contributed by atoms with E-state index in [1.807, 2.05) is 12.1 Å². The number of hydrogen-bond donors (Lipinski definition) is 0. The highest BCUT2D eigenvalue weighted by atomic mass is 79.9. The van der Waals surface area contributed by atoms with Crippen molar-refractivity contribution in [3.8, 4) is 0 Å². The lowest BCUT2D eigenvalue weighted by Gasteiger charge is -2.28. The maximum atomic E-state index is 13.3. The molecule has 0 bridgehead atoms. The molecule has 1 fully saturated rings. The summed E-state index contributed by atoms with van der Waals surface area (Å²) in [5, 5.41) is 0.989. The van der Waals surface area contributed by atoms with Crippen molar-refractivity contribution in [2.75, 3.05) is 0 Å². The Morgan fingerprint density at radius 3 is 2.80 bits per heavy atom. The molecule has 0 radical (unpaired) electrons. The molecule has 1 aliphatic carbocycles.